The van der Waals surface area contributed by atoms with Crippen molar-refractivity contribution in [3.8, 4) is 0 Å². The molecular formula is C20H27N5O2. The Hall–Kier alpha value is -2.67. The number of carbonyl (C=O) groups is 2. The van der Waals surface area contributed by atoms with E-state index in [1.165, 1.54) is 11.1 Å². The van der Waals surface area contributed by atoms with Crippen molar-refractivity contribution < 1.29 is 9.59 Å². The van der Waals surface area contributed by atoms with Gasteiger partial charge in [-0.25, -0.2) is 0 Å². The largest absolute Gasteiger partial charge is 0.342 e. The van der Waals surface area contributed by atoms with Crippen molar-refractivity contribution in [2.45, 2.75) is 20.4 Å². The molecule has 3 rings (SSSR count). The van der Waals surface area contributed by atoms with Crippen LogP contribution in [-0.2, 0) is 18.4 Å². The highest BCUT2D eigenvalue weighted by Gasteiger charge is 2.22. The first-order chi connectivity index (χ1) is 12.9. The highest BCUT2D eigenvalue weighted by molar-refractivity contribution is 5.94. The number of hydrogen-bond donors (Lipinski definition) is 1. The lowest BCUT2D eigenvalue weighted by atomic mass is 10.1. The third kappa shape index (κ3) is 4.95. The second kappa shape index (κ2) is 8.35. The molecule has 27 heavy (non-hydrogen) atoms. The molecule has 0 saturated carbocycles. The Bertz CT molecular complexity index is 802. The third-order valence-electron chi connectivity index (χ3n) is 4.96. The minimum atomic E-state index is -0.315. The van der Waals surface area contributed by atoms with Crippen molar-refractivity contribution in [1.29, 1.82) is 0 Å². The standard InChI is InChI=1S/C20H27N5O2/c1-15-5-4-6-17(11-15)14-24-7-9-25(10-8-24)19(26)13-21-20(27)18-12-16(2)23(3)22-18/h4-6,11-12H,7-10,13-14H2,1-3H3,(H,21,27). The molecule has 1 aromatic heterocycles. The van der Waals surface area contributed by atoms with Crippen LogP contribution in [0.4, 0.5) is 0 Å². The molecule has 1 aliphatic heterocycles. The number of aromatic nitrogens is 2. The molecule has 1 aromatic carbocycles. The fourth-order valence-corrected chi connectivity index (χ4v) is 3.25. The first kappa shape index (κ1) is 19.1. The number of nitrogens with zero attached hydrogens (tertiary/aromatic N) is 4. The fourth-order valence-electron chi connectivity index (χ4n) is 3.25. The Labute approximate surface area is 159 Å². The normalized spacial score (nSPS) is 15.0. The summed E-state index contributed by atoms with van der Waals surface area (Å²) in [6.45, 7) is 7.93. The van der Waals surface area contributed by atoms with Gasteiger partial charge in [-0.05, 0) is 25.5 Å². The maximum atomic E-state index is 12.4. The van der Waals surface area contributed by atoms with E-state index in [2.05, 4.69) is 46.5 Å². The smallest absolute Gasteiger partial charge is 0.272 e. The van der Waals surface area contributed by atoms with Gasteiger partial charge in [-0.1, -0.05) is 29.8 Å². The molecule has 1 N–H and O–H groups in total. The van der Waals surface area contributed by atoms with Gasteiger partial charge in [0.05, 0.1) is 6.54 Å². The number of nitrogens with one attached hydrogen (secondary N) is 1. The van der Waals surface area contributed by atoms with Gasteiger partial charge in [-0.15, -0.1) is 0 Å². The molecule has 0 bridgehead atoms. The Morgan fingerprint density at radius 2 is 1.85 bits per heavy atom. The maximum Gasteiger partial charge on any atom is 0.272 e. The lowest BCUT2D eigenvalue weighted by Crippen LogP contribution is -2.50. The van der Waals surface area contributed by atoms with Crippen molar-refractivity contribution in [3.63, 3.8) is 0 Å². The fraction of sp³-hybridized carbons (Fsp3) is 0.450. The van der Waals surface area contributed by atoms with Gasteiger partial charge in [0.1, 0.15) is 5.69 Å². The van der Waals surface area contributed by atoms with Crippen LogP contribution in [0.5, 0.6) is 0 Å². The Balaban J connectivity index is 1.43. The molecule has 144 valence electrons. The van der Waals surface area contributed by atoms with E-state index in [4.69, 9.17) is 0 Å². The summed E-state index contributed by atoms with van der Waals surface area (Å²) in [5.41, 5.74) is 3.80. The summed E-state index contributed by atoms with van der Waals surface area (Å²) in [6.07, 6.45) is 0. The van der Waals surface area contributed by atoms with Crippen molar-refractivity contribution in [3.05, 3.63) is 52.8 Å². The molecular weight excluding hydrogens is 342 g/mol. The summed E-state index contributed by atoms with van der Waals surface area (Å²) in [5.74, 6) is -0.364. The number of rotatable bonds is 5. The van der Waals surface area contributed by atoms with Crippen LogP contribution in [0.15, 0.2) is 30.3 Å². The summed E-state index contributed by atoms with van der Waals surface area (Å²) < 4.78 is 1.64. The number of hydrogen-bond acceptors (Lipinski definition) is 4. The van der Waals surface area contributed by atoms with Crippen LogP contribution in [0, 0.1) is 13.8 Å². The molecule has 2 aromatic rings. The molecule has 2 amide bonds. The predicted molar refractivity (Wildman–Crippen MR) is 103 cm³/mol. The van der Waals surface area contributed by atoms with Crippen molar-refractivity contribution in [2.24, 2.45) is 7.05 Å². The highest BCUT2D eigenvalue weighted by atomic mass is 16.2. The zero-order chi connectivity index (χ0) is 19.4. The average Bonchev–Trinajstić information content (AvgIpc) is 2.99. The number of carbonyl (C=O) groups excluding carboxylic acids is 2. The lowest BCUT2D eigenvalue weighted by molar-refractivity contribution is -0.131. The van der Waals surface area contributed by atoms with Crippen LogP contribution >= 0.6 is 0 Å². The zero-order valence-electron chi connectivity index (χ0n) is 16.2. The van der Waals surface area contributed by atoms with E-state index in [0.29, 0.717) is 18.8 Å². The molecule has 2 heterocycles. The van der Waals surface area contributed by atoms with Crippen molar-refractivity contribution in [1.82, 2.24) is 24.9 Å². The molecule has 0 unspecified atom stereocenters. The van der Waals surface area contributed by atoms with E-state index in [-0.39, 0.29) is 18.4 Å². The number of piperazine rings is 1. The van der Waals surface area contributed by atoms with Gasteiger partial charge in [0.2, 0.25) is 5.91 Å². The molecule has 7 heteroatoms. The van der Waals surface area contributed by atoms with Gasteiger partial charge in [0.25, 0.3) is 5.91 Å². The molecule has 0 spiro atoms. The van der Waals surface area contributed by atoms with Gasteiger partial charge in [0.15, 0.2) is 0 Å². The van der Waals surface area contributed by atoms with Crippen LogP contribution in [0.1, 0.15) is 27.3 Å². The van der Waals surface area contributed by atoms with Gasteiger partial charge < -0.3 is 10.2 Å². The van der Waals surface area contributed by atoms with Crippen molar-refractivity contribution in [2.75, 3.05) is 32.7 Å². The first-order valence-electron chi connectivity index (χ1n) is 9.27. The maximum absolute atomic E-state index is 12.4. The van der Waals surface area contributed by atoms with E-state index in [1.54, 1.807) is 17.8 Å². The van der Waals surface area contributed by atoms with Gasteiger partial charge >= 0.3 is 0 Å². The SMILES string of the molecule is Cc1cccc(CN2CCN(C(=O)CNC(=O)c3cc(C)n(C)n3)CC2)c1. The number of amides is 2. The zero-order valence-corrected chi connectivity index (χ0v) is 16.2. The van der Waals surface area contributed by atoms with Crippen LogP contribution in [0.25, 0.3) is 0 Å². The lowest BCUT2D eigenvalue weighted by Gasteiger charge is -2.34. The summed E-state index contributed by atoms with van der Waals surface area (Å²) in [6, 6.07) is 10.2. The Kier molecular flexibility index (Phi) is 5.91. The first-order valence-corrected chi connectivity index (χ1v) is 9.27. The van der Waals surface area contributed by atoms with E-state index in [0.717, 1.165) is 25.3 Å². The number of benzene rings is 1. The van der Waals surface area contributed by atoms with E-state index >= 15 is 0 Å². The molecule has 0 radical (unpaired) electrons. The van der Waals surface area contributed by atoms with Crippen LogP contribution in [-0.4, -0.2) is 64.1 Å². The summed E-state index contributed by atoms with van der Waals surface area (Å²) in [4.78, 5) is 28.7. The molecule has 0 atom stereocenters. The second-order valence-electron chi connectivity index (χ2n) is 7.12. The minimum absolute atomic E-state index is 0.00628. The van der Waals surface area contributed by atoms with Gasteiger partial charge in [-0.3, -0.25) is 19.2 Å². The second-order valence-corrected chi connectivity index (χ2v) is 7.12. The summed E-state index contributed by atoms with van der Waals surface area (Å²) in [7, 11) is 1.79. The molecule has 1 saturated heterocycles. The Morgan fingerprint density at radius 1 is 1.11 bits per heavy atom. The van der Waals surface area contributed by atoms with E-state index < -0.39 is 0 Å². The van der Waals surface area contributed by atoms with Crippen LogP contribution in [0.3, 0.4) is 0 Å². The molecule has 1 aliphatic rings. The van der Waals surface area contributed by atoms with Gasteiger partial charge in [-0.2, -0.15) is 5.10 Å². The van der Waals surface area contributed by atoms with Gasteiger partial charge in [0, 0.05) is 45.5 Å². The number of aryl methyl sites for hydroxylation is 3. The summed E-state index contributed by atoms with van der Waals surface area (Å²) in [5, 5.41) is 6.80. The third-order valence-corrected chi connectivity index (χ3v) is 4.96. The molecule has 1 fully saturated rings. The topological polar surface area (TPSA) is 70.5 Å². The van der Waals surface area contributed by atoms with Crippen molar-refractivity contribution >= 4 is 11.8 Å². The monoisotopic (exact) mass is 369 g/mol. The molecule has 0 aliphatic carbocycles. The average molecular weight is 369 g/mol. The van der Waals surface area contributed by atoms with Crippen LogP contribution in [0.2, 0.25) is 0 Å². The van der Waals surface area contributed by atoms with Crippen LogP contribution < -0.4 is 5.32 Å². The van der Waals surface area contributed by atoms with E-state index in [1.807, 2.05) is 11.8 Å². The molecule has 7 nitrogen and oxygen atoms in total. The predicted octanol–water partition coefficient (Wildman–Crippen LogP) is 1.11. The Morgan fingerprint density at radius 3 is 2.48 bits per heavy atom. The highest BCUT2D eigenvalue weighted by Crippen LogP contribution is 2.10. The quantitative estimate of drug-likeness (QED) is 0.857. The minimum Gasteiger partial charge on any atom is -0.342 e. The van der Waals surface area contributed by atoms with E-state index in [9.17, 15) is 9.59 Å². The summed E-state index contributed by atoms with van der Waals surface area (Å²) >= 11 is 0.